The van der Waals surface area contributed by atoms with E-state index >= 15 is 0 Å². The molecule has 0 bridgehead atoms. The molecule has 0 unspecified atom stereocenters. The van der Waals surface area contributed by atoms with Crippen LogP contribution < -0.4 is 16.4 Å². The van der Waals surface area contributed by atoms with Crippen LogP contribution >= 0.6 is 15.9 Å². The third kappa shape index (κ3) is 2.62. The highest BCUT2D eigenvalue weighted by Crippen LogP contribution is 2.22. The lowest BCUT2D eigenvalue weighted by atomic mass is 10.3. The molecule has 0 fully saturated rings. The predicted octanol–water partition coefficient (Wildman–Crippen LogP) is 1.78. The maximum Gasteiger partial charge on any atom is 0.318 e. The van der Waals surface area contributed by atoms with Crippen LogP contribution in [0, 0.1) is 0 Å². The molecule has 0 saturated carbocycles. The van der Waals surface area contributed by atoms with E-state index in [1.807, 2.05) is 0 Å². The smallest absolute Gasteiger partial charge is 0.318 e. The maximum atomic E-state index is 10.9. The Morgan fingerprint density at radius 2 is 2.23 bits per heavy atom. The summed E-state index contributed by atoms with van der Waals surface area (Å²) in [5, 5.41) is 5.07. The van der Waals surface area contributed by atoms with Crippen molar-refractivity contribution in [3.05, 3.63) is 22.7 Å². The van der Waals surface area contributed by atoms with Crippen LogP contribution in [0.3, 0.4) is 0 Å². The van der Waals surface area contributed by atoms with Crippen LogP contribution in [0.2, 0.25) is 0 Å². The monoisotopic (exact) mass is 243 g/mol. The number of nitrogen functional groups attached to an aromatic ring is 1. The van der Waals surface area contributed by atoms with Crippen molar-refractivity contribution in [2.75, 3.05) is 18.1 Å². The number of halogens is 1. The predicted molar refractivity (Wildman–Crippen MR) is 56.6 cm³/mol. The molecule has 0 saturated heterocycles. The second-order valence-corrected chi connectivity index (χ2v) is 3.29. The van der Waals surface area contributed by atoms with Gasteiger partial charge in [0, 0.05) is 22.9 Å². The summed E-state index contributed by atoms with van der Waals surface area (Å²) in [6, 6.07) is 4.94. The summed E-state index contributed by atoms with van der Waals surface area (Å²) in [7, 11) is 1.56. The molecule has 0 heterocycles. The van der Waals surface area contributed by atoms with Crippen LogP contribution in [0.15, 0.2) is 22.7 Å². The molecule has 1 aromatic rings. The topological polar surface area (TPSA) is 67.2 Å². The van der Waals surface area contributed by atoms with Gasteiger partial charge in [0.25, 0.3) is 0 Å². The fourth-order valence-corrected chi connectivity index (χ4v) is 1.18. The van der Waals surface area contributed by atoms with Gasteiger partial charge in [-0.05, 0) is 34.1 Å². The highest BCUT2D eigenvalue weighted by atomic mass is 79.9. The van der Waals surface area contributed by atoms with E-state index in [-0.39, 0.29) is 6.03 Å². The highest BCUT2D eigenvalue weighted by Gasteiger charge is 2.00. The Morgan fingerprint density at radius 3 is 2.77 bits per heavy atom. The molecule has 4 N–H and O–H groups in total. The van der Waals surface area contributed by atoms with Crippen molar-refractivity contribution in [2.24, 2.45) is 0 Å². The third-order valence-corrected chi connectivity index (χ3v) is 2.17. The van der Waals surface area contributed by atoms with E-state index in [0.717, 1.165) is 4.47 Å². The number of hydrogen-bond acceptors (Lipinski definition) is 2. The van der Waals surface area contributed by atoms with Gasteiger partial charge in [-0.3, -0.25) is 0 Å². The Bertz CT molecular complexity index is 327. The number of anilines is 2. The first-order valence-corrected chi connectivity index (χ1v) is 4.46. The van der Waals surface area contributed by atoms with Crippen molar-refractivity contribution in [2.45, 2.75) is 0 Å². The number of nitrogens with two attached hydrogens (primary N) is 1. The molecule has 1 aromatic carbocycles. The van der Waals surface area contributed by atoms with Gasteiger partial charge in [-0.2, -0.15) is 0 Å². The Labute approximate surface area is 84.6 Å². The van der Waals surface area contributed by atoms with Gasteiger partial charge in [-0.25, -0.2) is 4.79 Å². The molecule has 0 aromatic heterocycles. The molecule has 0 aliphatic heterocycles. The first kappa shape index (κ1) is 9.85. The molecule has 1 rings (SSSR count). The van der Waals surface area contributed by atoms with Crippen molar-refractivity contribution in [3.63, 3.8) is 0 Å². The largest absolute Gasteiger partial charge is 0.398 e. The minimum atomic E-state index is -0.253. The molecule has 0 aliphatic carbocycles. The number of urea groups is 1. The van der Waals surface area contributed by atoms with Crippen LogP contribution in [0.1, 0.15) is 0 Å². The van der Waals surface area contributed by atoms with Gasteiger partial charge < -0.3 is 16.4 Å². The van der Waals surface area contributed by atoms with Crippen LogP contribution in [0.5, 0.6) is 0 Å². The summed E-state index contributed by atoms with van der Waals surface area (Å²) in [6.45, 7) is 0. The number of nitrogens with one attached hydrogen (secondary N) is 2. The van der Waals surface area contributed by atoms with Gasteiger partial charge in [-0.1, -0.05) is 0 Å². The van der Waals surface area contributed by atoms with Crippen LogP contribution in [0.4, 0.5) is 16.2 Å². The van der Waals surface area contributed by atoms with Crippen LogP contribution in [-0.4, -0.2) is 13.1 Å². The average Bonchev–Trinajstić information content (AvgIpc) is 2.11. The third-order valence-electron chi connectivity index (χ3n) is 1.49. The van der Waals surface area contributed by atoms with Gasteiger partial charge in [0.1, 0.15) is 0 Å². The minimum absolute atomic E-state index is 0.253. The number of rotatable bonds is 1. The maximum absolute atomic E-state index is 10.9. The Kier molecular flexibility index (Phi) is 3.13. The molecular weight excluding hydrogens is 234 g/mol. The van der Waals surface area contributed by atoms with E-state index in [4.69, 9.17) is 5.73 Å². The van der Waals surface area contributed by atoms with Crippen molar-refractivity contribution < 1.29 is 4.79 Å². The number of carbonyl (C=O) groups excluding carboxylic acids is 1. The van der Waals surface area contributed by atoms with Crippen molar-refractivity contribution >= 4 is 33.3 Å². The molecule has 5 heteroatoms. The first-order chi connectivity index (χ1) is 6.13. The molecule has 0 atom stereocenters. The molecule has 0 aliphatic rings. The quantitative estimate of drug-likeness (QED) is 0.659. The van der Waals surface area contributed by atoms with Gasteiger partial charge in [0.05, 0.1) is 0 Å². The van der Waals surface area contributed by atoms with E-state index in [1.54, 1.807) is 25.2 Å². The van der Waals surface area contributed by atoms with Crippen LogP contribution in [0.25, 0.3) is 0 Å². The average molecular weight is 244 g/mol. The lowest BCUT2D eigenvalue weighted by molar-refractivity contribution is 0.254. The molecule has 70 valence electrons. The summed E-state index contributed by atoms with van der Waals surface area (Å²) < 4.78 is 0.765. The number of amides is 2. The molecular formula is C8H10BrN3O. The number of carbonyl (C=O) groups is 1. The lowest BCUT2D eigenvalue weighted by Crippen LogP contribution is -2.24. The zero-order valence-electron chi connectivity index (χ0n) is 7.10. The summed E-state index contributed by atoms with van der Waals surface area (Å²) in [6.07, 6.45) is 0. The minimum Gasteiger partial charge on any atom is -0.398 e. The molecule has 13 heavy (non-hydrogen) atoms. The van der Waals surface area contributed by atoms with Crippen molar-refractivity contribution in [1.82, 2.24) is 5.32 Å². The van der Waals surface area contributed by atoms with Gasteiger partial charge in [0.2, 0.25) is 0 Å². The van der Waals surface area contributed by atoms with Gasteiger partial charge in [-0.15, -0.1) is 0 Å². The SMILES string of the molecule is CNC(=O)Nc1ccc(N)c(Br)c1. The summed E-state index contributed by atoms with van der Waals surface area (Å²) in [5.74, 6) is 0. The Hall–Kier alpha value is -1.23. The first-order valence-electron chi connectivity index (χ1n) is 3.67. The Balaban J connectivity index is 2.79. The van der Waals surface area contributed by atoms with Crippen molar-refractivity contribution in [1.29, 1.82) is 0 Å². The highest BCUT2D eigenvalue weighted by molar-refractivity contribution is 9.10. The second kappa shape index (κ2) is 4.13. The molecule has 0 spiro atoms. The van der Waals surface area contributed by atoms with Gasteiger partial charge in [0.15, 0.2) is 0 Å². The van der Waals surface area contributed by atoms with E-state index in [2.05, 4.69) is 26.6 Å². The molecule has 0 radical (unpaired) electrons. The second-order valence-electron chi connectivity index (χ2n) is 2.44. The zero-order chi connectivity index (χ0) is 9.84. The fraction of sp³-hybridized carbons (Fsp3) is 0.125. The standard InChI is InChI=1S/C8H10BrN3O/c1-11-8(13)12-5-2-3-7(10)6(9)4-5/h2-4H,10H2,1H3,(H2,11,12,13). The number of hydrogen-bond donors (Lipinski definition) is 3. The molecule has 2 amide bonds. The molecule has 4 nitrogen and oxygen atoms in total. The van der Waals surface area contributed by atoms with E-state index in [9.17, 15) is 4.79 Å². The van der Waals surface area contributed by atoms with Crippen molar-refractivity contribution in [3.8, 4) is 0 Å². The number of benzene rings is 1. The summed E-state index contributed by atoms with van der Waals surface area (Å²) in [5.41, 5.74) is 6.91. The fourth-order valence-electron chi connectivity index (χ4n) is 0.798. The lowest BCUT2D eigenvalue weighted by Gasteiger charge is -2.05. The zero-order valence-corrected chi connectivity index (χ0v) is 8.68. The summed E-state index contributed by atoms with van der Waals surface area (Å²) >= 11 is 3.26. The normalized spacial score (nSPS) is 9.38. The van der Waals surface area contributed by atoms with E-state index < -0.39 is 0 Å². The van der Waals surface area contributed by atoms with Gasteiger partial charge >= 0.3 is 6.03 Å². The van der Waals surface area contributed by atoms with E-state index in [1.165, 1.54) is 0 Å². The van der Waals surface area contributed by atoms with E-state index in [0.29, 0.717) is 11.4 Å². The Morgan fingerprint density at radius 1 is 1.54 bits per heavy atom. The summed E-state index contributed by atoms with van der Waals surface area (Å²) in [4.78, 5) is 10.9. The van der Waals surface area contributed by atoms with Crippen LogP contribution in [-0.2, 0) is 0 Å².